The Bertz CT molecular complexity index is 686. The number of amides is 2. The van der Waals surface area contributed by atoms with Gasteiger partial charge in [-0.25, -0.2) is 21.9 Å². The van der Waals surface area contributed by atoms with E-state index in [1.807, 2.05) is 0 Å². The number of β-amino-alcohol motifs (C(OH)–C–C–N with tert-alkyl or cyclic N) is 1. The minimum atomic E-state index is -4.56. The van der Waals surface area contributed by atoms with Gasteiger partial charge >= 0.3 is 0 Å². The third kappa shape index (κ3) is 3.16. The second-order valence-corrected chi connectivity index (χ2v) is 6.05. The molecule has 114 valence electrons. The van der Waals surface area contributed by atoms with Gasteiger partial charge in [-0.05, 0) is 12.1 Å². The van der Waals surface area contributed by atoms with E-state index in [0.717, 1.165) is 0 Å². The Labute approximate surface area is 118 Å². The lowest BCUT2D eigenvalue weighted by Gasteiger charge is -2.12. The summed E-state index contributed by atoms with van der Waals surface area (Å²) in [5.74, 6) is -5.98. The molecule has 2 atom stereocenters. The molecule has 10 heteroatoms. The molecule has 0 aliphatic carbocycles. The quantitative estimate of drug-likeness (QED) is 0.611. The Morgan fingerprint density at radius 3 is 2.33 bits per heavy atom. The Hall–Kier alpha value is -2.07. The zero-order chi connectivity index (χ0) is 15.8. The van der Waals surface area contributed by atoms with Crippen LogP contribution in [0.4, 0.5) is 8.78 Å². The number of hydrogen-bond acceptors (Lipinski definition) is 5. The van der Waals surface area contributed by atoms with Crippen molar-refractivity contribution >= 4 is 21.8 Å². The van der Waals surface area contributed by atoms with E-state index in [1.165, 1.54) is 4.72 Å². The summed E-state index contributed by atoms with van der Waals surface area (Å²) in [5.41, 5.74) is 0. The topological polar surface area (TPSA) is 113 Å². The van der Waals surface area contributed by atoms with E-state index in [2.05, 4.69) is 5.32 Å². The number of aliphatic hydroxyl groups excluding tert-OH is 1. The molecule has 0 spiro atoms. The number of hydrogen-bond donors (Lipinski definition) is 3. The molecule has 1 fully saturated rings. The number of carbonyl (C=O) groups excluding carboxylic acids is 2. The van der Waals surface area contributed by atoms with Gasteiger partial charge in [0.25, 0.3) is 10.0 Å². The fourth-order valence-corrected chi connectivity index (χ4v) is 2.89. The number of sulfonamides is 1. The van der Waals surface area contributed by atoms with Crippen molar-refractivity contribution in [3.8, 4) is 0 Å². The van der Waals surface area contributed by atoms with Gasteiger partial charge in [-0.1, -0.05) is 0 Å². The van der Waals surface area contributed by atoms with Crippen LogP contribution in [0, 0.1) is 17.6 Å². The van der Waals surface area contributed by atoms with Crippen LogP contribution in [0.3, 0.4) is 0 Å². The molecule has 0 saturated carbocycles. The number of benzene rings is 1. The van der Waals surface area contributed by atoms with Crippen molar-refractivity contribution in [2.24, 2.45) is 5.92 Å². The monoisotopic (exact) mass is 320 g/mol. The average molecular weight is 320 g/mol. The van der Waals surface area contributed by atoms with Gasteiger partial charge in [0.2, 0.25) is 11.8 Å². The maximum absolute atomic E-state index is 13.0. The fraction of sp³-hybridized carbons (Fsp3) is 0.273. The second kappa shape index (κ2) is 5.37. The van der Waals surface area contributed by atoms with Crippen LogP contribution in [0.15, 0.2) is 23.1 Å². The molecule has 1 aliphatic heterocycles. The normalized spacial score (nSPS) is 22.0. The molecular formula is C11H10F2N2O5S. The summed E-state index contributed by atoms with van der Waals surface area (Å²) in [7, 11) is -4.56. The zero-order valence-electron chi connectivity index (χ0n) is 10.3. The van der Waals surface area contributed by atoms with Gasteiger partial charge in [0, 0.05) is 12.6 Å². The fourth-order valence-electron chi connectivity index (χ4n) is 1.84. The van der Waals surface area contributed by atoms with Crippen molar-refractivity contribution in [2.45, 2.75) is 11.0 Å². The molecular weight excluding hydrogens is 310 g/mol. The molecule has 3 N–H and O–H groups in total. The summed E-state index contributed by atoms with van der Waals surface area (Å²) in [4.78, 5) is 22.2. The summed E-state index contributed by atoms with van der Waals surface area (Å²) in [5, 5.41) is 11.6. The molecule has 1 aliphatic rings. The van der Waals surface area contributed by atoms with Gasteiger partial charge in [-0.2, -0.15) is 0 Å². The highest BCUT2D eigenvalue weighted by molar-refractivity contribution is 7.90. The van der Waals surface area contributed by atoms with Crippen molar-refractivity contribution in [2.75, 3.05) is 6.54 Å². The van der Waals surface area contributed by atoms with Crippen LogP contribution >= 0.6 is 0 Å². The highest BCUT2D eigenvalue weighted by atomic mass is 32.2. The van der Waals surface area contributed by atoms with Gasteiger partial charge in [0.15, 0.2) is 0 Å². The SMILES string of the molecule is O=C1NCC(O)C1C(=O)NS(=O)(=O)c1cc(F)cc(F)c1. The van der Waals surface area contributed by atoms with E-state index in [0.29, 0.717) is 18.2 Å². The van der Waals surface area contributed by atoms with Crippen LogP contribution < -0.4 is 10.0 Å². The molecule has 1 saturated heterocycles. The molecule has 2 rings (SSSR count). The molecule has 0 radical (unpaired) electrons. The van der Waals surface area contributed by atoms with Crippen molar-refractivity contribution < 1.29 is 31.9 Å². The molecule has 1 aromatic rings. The van der Waals surface area contributed by atoms with Gasteiger partial charge in [0.1, 0.15) is 17.6 Å². The second-order valence-electron chi connectivity index (χ2n) is 4.37. The van der Waals surface area contributed by atoms with Crippen LogP contribution in [0.1, 0.15) is 0 Å². The number of halogens is 2. The summed E-state index contributed by atoms with van der Waals surface area (Å²) in [6, 6.07) is 1.50. The van der Waals surface area contributed by atoms with Gasteiger partial charge < -0.3 is 10.4 Å². The Balaban J connectivity index is 2.25. The first kappa shape index (κ1) is 15.3. The van der Waals surface area contributed by atoms with Crippen LogP contribution in [-0.4, -0.2) is 38.0 Å². The van der Waals surface area contributed by atoms with E-state index >= 15 is 0 Å². The lowest BCUT2D eigenvalue weighted by atomic mass is 10.1. The third-order valence-electron chi connectivity index (χ3n) is 2.82. The first-order valence-electron chi connectivity index (χ1n) is 5.69. The highest BCUT2D eigenvalue weighted by Gasteiger charge is 2.40. The number of rotatable bonds is 3. The summed E-state index contributed by atoms with van der Waals surface area (Å²) < 4.78 is 51.2. The number of aliphatic hydroxyl groups is 1. The summed E-state index contributed by atoms with van der Waals surface area (Å²) in [6.07, 6.45) is -1.38. The molecule has 2 unspecified atom stereocenters. The van der Waals surface area contributed by atoms with Gasteiger partial charge in [-0.3, -0.25) is 9.59 Å². The predicted molar refractivity (Wildman–Crippen MR) is 64.2 cm³/mol. The van der Waals surface area contributed by atoms with Gasteiger partial charge in [0.05, 0.1) is 11.0 Å². The van der Waals surface area contributed by atoms with Crippen molar-refractivity contribution in [1.82, 2.24) is 10.0 Å². The number of nitrogens with one attached hydrogen (secondary N) is 2. The molecule has 1 aromatic carbocycles. The van der Waals surface area contributed by atoms with Crippen molar-refractivity contribution in [1.29, 1.82) is 0 Å². The van der Waals surface area contributed by atoms with Crippen molar-refractivity contribution in [3.63, 3.8) is 0 Å². The van der Waals surface area contributed by atoms with Gasteiger partial charge in [-0.15, -0.1) is 0 Å². The maximum atomic E-state index is 13.0. The highest BCUT2D eigenvalue weighted by Crippen LogP contribution is 2.16. The van der Waals surface area contributed by atoms with E-state index in [-0.39, 0.29) is 6.54 Å². The van der Waals surface area contributed by atoms with E-state index < -0.39 is 50.4 Å². The van der Waals surface area contributed by atoms with Crippen LogP contribution in [0.5, 0.6) is 0 Å². The first-order chi connectivity index (χ1) is 9.70. The Kier molecular flexibility index (Phi) is 3.92. The van der Waals surface area contributed by atoms with E-state index in [4.69, 9.17) is 0 Å². The largest absolute Gasteiger partial charge is 0.390 e. The molecule has 7 nitrogen and oxygen atoms in total. The summed E-state index contributed by atoms with van der Waals surface area (Å²) >= 11 is 0. The van der Waals surface area contributed by atoms with E-state index in [1.54, 1.807) is 0 Å². The molecule has 21 heavy (non-hydrogen) atoms. The lowest BCUT2D eigenvalue weighted by Crippen LogP contribution is -2.42. The van der Waals surface area contributed by atoms with Crippen LogP contribution in [0.2, 0.25) is 0 Å². The summed E-state index contributed by atoms with van der Waals surface area (Å²) in [6.45, 7) is -0.189. The first-order valence-corrected chi connectivity index (χ1v) is 7.17. The average Bonchev–Trinajstić information content (AvgIpc) is 2.67. The van der Waals surface area contributed by atoms with E-state index in [9.17, 15) is 31.9 Å². The minimum absolute atomic E-state index is 0.189. The smallest absolute Gasteiger partial charge is 0.264 e. The standard InChI is InChI=1S/C11H10F2N2O5S/c12-5-1-6(13)3-7(2-5)21(19,20)15-11(18)9-8(16)4-14-10(9)17/h1-3,8-9,16H,4H2,(H,14,17)(H,15,18). The van der Waals surface area contributed by atoms with Crippen LogP contribution in [0.25, 0.3) is 0 Å². The molecule has 0 aromatic heterocycles. The predicted octanol–water partition coefficient (Wildman–Crippen LogP) is -1.12. The lowest BCUT2D eigenvalue weighted by molar-refractivity contribution is -0.134. The molecule has 0 bridgehead atoms. The minimum Gasteiger partial charge on any atom is -0.390 e. The zero-order valence-corrected chi connectivity index (χ0v) is 11.2. The van der Waals surface area contributed by atoms with Crippen molar-refractivity contribution in [3.05, 3.63) is 29.8 Å². The number of carbonyl (C=O) groups is 2. The molecule has 1 heterocycles. The molecule has 2 amide bonds. The van der Waals surface area contributed by atoms with Crippen LogP contribution in [-0.2, 0) is 19.6 Å². The Morgan fingerprint density at radius 1 is 1.29 bits per heavy atom. The third-order valence-corrected chi connectivity index (χ3v) is 4.14. The maximum Gasteiger partial charge on any atom is 0.264 e. The Morgan fingerprint density at radius 2 is 1.86 bits per heavy atom.